The van der Waals surface area contributed by atoms with Crippen molar-refractivity contribution in [3.05, 3.63) is 70.1 Å². The minimum absolute atomic E-state index is 0.210. The molecule has 5 nitrogen and oxygen atoms in total. The molecule has 0 atom stereocenters. The number of hydrogen-bond acceptors (Lipinski definition) is 3. The lowest BCUT2D eigenvalue weighted by molar-refractivity contribution is 0.102. The molecule has 0 fully saturated rings. The molecule has 0 saturated heterocycles. The van der Waals surface area contributed by atoms with E-state index < -0.39 is 0 Å². The van der Waals surface area contributed by atoms with E-state index in [-0.39, 0.29) is 17.2 Å². The molecule has 3 aromatic rings. The second-order valence-corrected chi connectivity index (χ2v) is 6.06. The highest BCUT2D eigenvalue weighted by Crippen LogP contribution is 2.16. The number of carbonyl (C=O) groups excluding carboxylic acids is 1. The number of fused-ring (bicyclic) bond motifs is 1. The first-order valence-corrected chi connectivity index (χ1v) is 8.56. The molecule has 2 N–H and O–H groups in total. The normalized spacial score (nSPS) is 10.8. The van der Waals surface area contributed by atoms with Gasteiger partial charge < -0.3 is 5.32 Å². The average molecular weight is 335 g/mol. The Morgan fingerprint density at radius 2 is 1.76 bits per heavy atom. The first-order chi connectivity index (χ1) is 12.2. The minimum Gasteiger partial charge on any atom is -0.321 e. The van der Waals surface area contributed by atoms with Gasteiger partial charge in [0.1, 0.15) is 0 Å². The van der Waals surface area contributed by atoms with E-state index >= 15 is 0 Å². The molecular weight excluding hydrogens is 314 g/mol. The predicted molar refractivity (Wildman–Crippen MR) is 100.0 cm³/mol. The van der Waals surface area contributed by atoms with Crippen molar-refractivity contribution in [1.82, 2.24) is 10.2 Å². The van der Waals surface area contributed by atoms with Crippen LogP contribution in [-0.4, -0.2) is 16.1 Å². The summed E-state index contributed by atoms with van der Waals surface area (Å²) < 4.78 is 0. The number of amides is 1. The van der Waals surface area contributed by atoms with E-state index in [9.17, 15) is 9.59 Å². The van der Waals surface area contributed by atoms with E-state index in [1.165, 1.54) is 24.8 Å². The van der Waals surface area contributed by atoms with E-state index in [0.29, 0.717) is 16.5 Å². The summed E-state index contributed by atoms with van der Waals surface area (Å²) in [4.78, 5) is 24.3. The lowest BCUT2D eigenvalue weighted by Crippen LogP contribution is -2.19. The van der Waals surface area contributed by atoms with E-state index in [2.05, 4.69) is 22.4 Å². The van der Waals surface area contributed by atoms with Crippen molar-refractivity contribution in [2.24, 2.45) is 0 Å². The van der Waals surface area contributed by atoms with E-state index in [4.69, 9.17) is 0 Å². The first kappa shape index (κ1) is 16.9. The molecule has 128 valence electrons. The minimum atomic E-state index is -0.341. The van der Waals surface area contributed by atoms with Crippen LogP contribution >= 0.6 is 0 Å². The van der Waals surface area contributed by atoms with Gasteiger partial charge in [0.05, 0.1) is 5.39 Å². The third kappa shape index (κ3) is 3.94. The Bertz CT molecular complexity index is 930. The van der Waals surface area contributed by atoms with Gasteiger partial charge in [0, 0.05) is 11.1 Å². The summed E-state index contributed by atoms with van der Waals surface area (Å²) in [5.41, 5.74) is 1.88. The first-order valence-electron chi connectivity index (χ1n) is 8.56. The Labute approximate surface area is 146 Å². The zero-order valence-corrected chi connectivity index (χ0v) is 14.2. The summed E-state index contributed by atoms with van der Waals surface area (Å²) in [6, 6.07) is 14.8. The average Bonchev–Trinajstić information content (AvgIpc) is 2.64. The van der Waals surface area contributed by atoms with Crippen molar-refractivity contribution in [2.75, 3.05) is 5.32 Å². The third-order valence-corrected chi connectivity index (χ3v) is 4.19. The highest BCUT2D eigenvalue weighted by Gasteiger charge is 2.14. The molecule has 5 heteroatoms. The van der Waals surface area contributed by atoms with Gasteiger partial charge in [0.2, 0.25) is 0 Å². The van der Waals surface area contributed by atoms with Crippen LogP contribution in [-0.2, 0) is 6.42 Å². The van der Waals surface area contributed by atoms with Crippen molar-refractivity contribution in [1.29, 1.82) is 0 Å². The molecule has 1 amide bonds. The highest BCUT2D eigenvalue weighted by atomic mass is 16.2. The molecule has 25 heavy (non-hydrogen) atoms. The van der Waals surface area contributed by atoms with Crippen LogP contribution in [0, 0.1) is 0 Å². The number of hydrogen-bond donors (Lipinski definition) is 2. The standard InChI is InChI=1S/C20H21N3O2/c1-2-3-4-7-14-10-12-15(13-11-14)21-20(25)18-16-8-5-6-9-17(16)19(24)23-22-18/h5-6,8-13H,2-4,7H2,1H3,(H,21,25)(H,23,24). The Balaban J connectivity index is 1.77. The summed E-state index contributed by atoms with van der Waals surface area (Å²) in [5, 5.41) is 10.1. The van der Waals surface area contributed by atoms with Gasteiger partial charge in [0.15, 0.2) is 5.69 Å². The molecule has 0 aliphatic carbocycles. The van der Waals surface area contributed by atoms with Gasteiger partial charge in [-0.15, -0.1) is 0 Å². The summed E-state index contributed by atoms with van der Waals surface area (Å²) in [7, 11) is 0. The summed E-state index contributed by atoms with van der Waals surface area (Å²) in [5.74, 6) is -0.341. The monoisotopic (exact) mass is 335 g/mol. The number of rotatable bonds is 6. The molecule has 1 aromatic heterocycles. The van der Waals surface area contributed by atoms with Crippen molar-refractivity contribution in [3.63, 3.8) is 0 Å². The number of H-pyrrole nitrogens is 1. The zero-order valence-electron chi connectivity index (χ0n) is 14.2. The van der Waals surface area contributed by atoms with Gasteiger partial charge in [-0.2, -0.15) is 5.10 Å². The maximum absolute atomic E-state index is 12.5. The van der Waals surface area contributed by atoms with Crippen molar-refractivity contribution in [3.8, 4) is 0 Å². The fourth-order valence-corrected chi connectivity index (χ4v) is 2.81. The number of aromatic nitrogens is 2. The Morgan fingerprint density at radius 1 is 1.04 bits per heavy atom. The molecule has 0 radical (unpaired) electrons. The van der Waals surface area contributed by atoms with Crippen LogP contribution in [0.1, 0.15) is 42.2 Å². The molecular formula is C20H21N3O2. The quantitative estimate of drug-likeness (QED) is 0.671. The van der Waals surface area contributed by atoms with E-state index in [0.717, 1.165) is 6.42 Å². The zero-order chi connectivity index (χ0) is 17.6. The molecule has 0 aliphatic heterocycles. The fourth-order valence-electron chi connectivity index (χ4n) is 2.81. The van der Waals surface area contributed by atoms with Crippen molar-refractivity contribution >= 4 is 22.4 Å². The molecule has 3 rings (SSSR count). The van der Waals surface area contributed by atoms with Crippen molar-refractivity contribution < 1.29 is 4.79 Å². The molecule has 0 aliphatic rings. The maximum atomic E-state index is 12.5. The van der Waals surface area contributed by atoms with Gasteiger partial charge in [-0.1, -0.05) is 50.1 Å². The number of aromatic amines is 1. The number of nitrogens with one attached hydrogen (secondary N) is 2. The van der Waals surface area contributed by atoms with Crippen LogP contribution in [0.3, 0.4) is 0 Å². The fraction of sp³-hybridized carbons (Fsp3) is 0.250. The Hall–Kier alpha value is -2.95. The summed E-state index contributed by atoms with van der Waals surface area (Å²) >= 11 is 0. The van der Waals surface area contributed by atoms with Gasteiger partial charge in [-0.25, -0.2) is 5.10 Å². The van der Waals surface area contributed by atoms with Crippen molar-refractivity contribution in [2.45, 2.75) is 32.6 Å². The van der Waals surface area contributed by atoms with Crippen LogP contribution in [0.5, 0.6) is 0 Å². The van der Waals surface area contributed by atoms with Gasteiger partial charge in [0.25, 0.3) is 11.5 Å². The molecule has 0 unspecified atom stereocenters. The molecule has 2 aromatic carbocycles. The topological polar surface area (TPSA) is 74.8 Å². The summed E-state index contributed by atoms with van der Waals surface area (Å²) in [6.07, 6.45) is 4.65. The number of aryl methyl sites for hydroxylation is 1. The van der Waals surface area contributed by atoms with E-state index in [1.807, 2.05) is 24.3 Å². The Morgan fingerprint density at radius 3 is 2.48 bits per heavy atom. The Kier molecular flexibility index (Phi) is 5.23. The SMILES string of the molecule is CCCCCc1ccc(NC(=O)c2n[nH]c(=O)c3ccccc23)cc1. The van der Waals surface area contributed by atoms with Gasteiger partial charge in [-0.3, -0.25) is 9.59 Å². The van der Waals surface area contributed by atoms with Crippen LogP contribution in [0.15, 0.2) is 53.3 Å². The molecule has 0 saturated carbocycles. The third-order valence-electron chi connectivity index (χ3n) is 4.19. The number of nitrogens with zero attached hydrogens (tertiary/aromatic N) is 1. The van der Waals surface area contributed by atoms with Gasteiger partial charge in [-0.05, 0) is 36.6 Å². The van der Waals surface area contributed by atoms with Crippen LogP contribution in [0.4, 0.5) is 5.69 Å². The lowest BCUT2D eigenvalue weighted by Gasteiger charge is -2.08. The number of benzene rings is 2. The van der Waals surface area contributed by atoms with Gasteiger partial charge >= 0.3 is 0 Å². The molecule has 0 spiro atoms. The number of unbranched alkanes of at least 4 members (excludes halogenated alkanes) is 2. The predicted octanol–water partition coefficient (Wildman–Crippen LogP) is 3.91. The van der Waals surface area contributed by atoms with Crippen LogP contribution < -0.4 is 10.9 Å². The largest absolute Gasteiger partial charge is 0.321 e. The number of carbonyl (C=O) groups is 1. The molecule has 1 heterocycles. The lowest BCUT2D eigenvalue weighted by atomic mass is 10.1. The van der Waals surface area contributed by atoms with Crippen LogP contribution in [0.2, 0.25) is 0 Å². The second-order valence-electron chi connectivity index (χ2n) is 6.06. The maximum Gasteiger partial charge on any atom is 0.276 e. The summed E-state index contributed by atoms with van der Waals surface area (Å²) in [6.45, 7) is 2.19. The smallest absolute Gasteiger partial charge is 0.276 e. The van der Waals surface area contributed by atoms with E-state index in [1.54, 1.807) is 24.3 Å². The van der Waals surface area contributed by atoms with Crippen LogP contribution in [0.25, 0.3) is 10.8 Å². The second kappa shape index (κ2) is 7.75. The molecule has 0 bridgehead atoms. The number of anilines is 1. The highest BCUT2D eigenvalue weighted by molar-refractivity contribution is 6.11.